The van der Waals surface area contributed by atoms with Gasteiger partial charge in [-0.05, 0) is 45.6 Å². The normalized spacial score (nSPS) is 53.7. The number of likely N-dealkylation sites (N-methyl/N-ethyl adjacent to an activating group) is 1. The van der Waals surface area contributed by atoms with E-state index < -0.39 is 111 Å². The van der Waals surface area contributed by atoms with E-state index in [2.05, 4.69) is 10.6 Å². The van der Waals surface area contributed by atoms with E-state index in [1.165, 1.54) is 0 Å². The molecular weight excluding hydrogens is 584 g/mol. The van der Waals surface area contributed by atoms with Crippen LogP contribution in [0.2, 0.25) is 0 Å². The lowest BCUT2D eigenvalue weighted by Crippen LogP contribution is -2.70. The van der Waals surface area contributed by atoms with Crippen LogP contribution < -0.4 is 33.6 Å². The minimum atomic E-state index is -1.49. The Labute approximate surface area is 256 Å². The summed E-state index contributed by atoms with van der Waals surface area (Å²) in [5.41, 5.74) is 24.4. The molecule has 11 unspecified atom stereocenters. The van der Waals surface area contributed by atoms with E-state index in [9.17, 15) is 30.6 Å². The van der Waals surface area contributed by atoms with Gasteiger partial charge in [-0.25, -0.2) is 0 Å². The highest BCUT2D eigenvalue weighted by Gasteiger charge is 2.54. The Hall–Kier alpha value is -0.680. The van der Waals surface area contributed by atoms with Crippen molar-refractivity contribution in [2.45, 2.75) is 155 Å². The number of hydrogen-bond donors (Lipinski definition) is 12. The molecule has 5 aliphatic rings. The van der Waals surface area contributed by atoms with Crippen LogP contribution in [0.5, 0.6) is 0 Å². The van der Waals surface area contributed by atoms with Crippen LogP contribution in [0.1, 0.15) is 38.5 Å². The lowest BCUT2D eigenvalue weighted by molar-refractivity contribution is -0.374. The lowest BCUT2D eigenvalue weighted by atomic mass is 9.84. The molecule has 0 bridgehead atoms. The number of fused-ring (bicyclic) bond motifs is 1. The zero-order chi connectivity index (χ0) is 31.9. The highest BCUT2D eigenvalue weighted by molar-refractivity contribution is 5.02. The summed E-state index contributed by atoms with van der Waals surface area (Å²) in [5, 5.41) is 70.5. The van der Waals surface area contributed by atoms with Crippen LogP contribution in [-0.4, -0.2) is 160 Å². The third kappa shape index (κ3) is 7.09. The smallest absolute Gasteiger partial charge is 0.189 e. The summed E-state index contributed by atoms with van der Waals surface area (Å²) in [7, 11) is 1.58. The fraction of sp³-hybridized carbons (Fsp3) is 1.00. The maximum absolute atomic E-state index is 11.3. The first-order valence-corrected chi connectivity index (χ1v) is 15.7. The minimum absolute atomic E-state index is 0.0577. The summed E-state index contributed by atoms with van der Waals surface area (Å²) >= 11 is 0. The first-order valence-electron chi connectivity index (χ1n) is 15.7. The zero-order valence-electron chi connectivity index (χ0n) is 25.0. The Bertz CT molecular complexity index is 920. The molecule has 0 spiro atoms. The molecule has 5 rings (SSSR count). The molecule has 17 nitrogen and oxygen atoms in total. The second kappa shape index (κ2) is 14.6. The van der Waals surface area contributed by atoms with Crippen molar-refractivity contribution in [1.29, 1.82) is 0 Å². The molecule has 0 amide bonds. The van der Waals surface area contributed by atoms with Gasteiger partial charge in [-0.15, -0.1) is 0 Å². The van der Waals surface area contributed by atoms with Crippen molar-refractivity contribution in [1.82, 2.24) is 10.6 Å². The van der Waals surface area contributed by atoms with E-state index in [4.69, 9.17) is 46.6 Å². The zero-order valence-corrected chi connectivity index (χ0v) is 25.0. The largest absolute Gasteiger partial charge is 0.394 e. The maximum Gasteiger partial charge on any atom is 0.189 e. The van der Waals surface area contributed by atoms with E-state index >= 15 is 0 Å². The van der Waals surface area contributed by atoms with E-state index in [0.717, 1.165) is 25.7 Å². The van der Waals surface area contributed by atoms with E-state index in [1.807, 2.05) is 0 Å². The van der Waals surface area contributed by atoms with E-state index in [1.54, 1.807) is 7.05 Å². The number of rotatable bonds is 8. The van der Waals surface area contributed by atoms with Crippen LogP contribution in [-0.2, 0) is 23.7 Å². The molecule has 17 atom stereocenters. The number of aliphatic hydroxyl groups excluding tert-OH is 6. The molecule has 16 N–H and O–H groups in total. The Morgan fingerprint density at radius 1 is 0.682 bits per heavy atom. The molecule has 3 saturated heterocycles. The topological polar surface area (TPSA) is 296 Å². The number of aliphatic hydroxyl groups is 6. The summed E-state index contributed by atoms with van der Waals surface area (Å²) in [6.07, 6.45) is -10.1. The van der Waals surface area contributed by atoms with Crippen LogP contribution in [0.15, 0.2) is 0 Å². The monoisotopic (exact) mass is 636 g/mol. The molecule has 2 saturated carbocycles. The molecule has 17 heteroatoms. The Morgan fingerprint density at radius 2 is 1.39 bits per heavy atom. The van der Waals surface area contributed by atoms with Gasteiger partial charge in [0.25, 0.3) is 0 Å². The van der Waals surface area contributed by atoms with Gasteiger partial charge in [-0.1, -0.05) is 0 Å². The van der Waals surface area contributed by atoms with Crippen molar-refractivity contribution in [3.8, 4) is 0 Å². The number of nitrogens with one attached hydrogen (secondary N) is 2. The van der Waals surface area contributed by atoms with Gasteiger partial charge in [0, 0.05) is 24.2 Å². The van der Waals surface area contributed by atoms with Crippen LogP contribution in [0.3, 0.4) is 0 Å². The van der Waals surface area contributed by atoms with Gasteiger partial charge in [0.05, 0.1) is 36.9 Å². The average molecular weight is 637 g/mol. The van der Waals surface area contributed by atoms with Crippen LogP contribution >= 0.6 is 0 Å². The molecule has 44 heavy (non-hydrogen) atoms. The number of ether oxygens (including phenoxy) is 5. The van der Waals surface area contributed by atoms with Gasteiger partial charge < -0.3 is 87.9 Å². The molecule has 256 valence electrons. The molecule has 0 aromatic rings. The summed E-state index contributed by atoms with van der Waals surface area (Å²) in [5.74, 6) is 0. The predicted octanol–water partition coefficient (Wildman–Crippen LogP) is -6.05. The third-order valence-electron chi connectivity index (χ3n) is 9.89. The Morgan fingerprint density at radius 3 is 2.05 bits per heavy atom. The molecular formula is C27H52N6O11. The van der Waals surface area contributed by atoms with Gasteiger partial charge in [0.1, 0.15) is 42.7 Å². The number of hydrogen-bond acceptors (Lipinski definition) is 17. The maximum atomic E-state index is 11.3. The first-order chi connectivity index (χ1) is 20.9. The fourth-order valence-electron chi connectivity index (χ4n) is 7.19. The summed E-state index contributed by atoms with van der Waals surface area (Å²) < 4.78 is 30.1. The molecule has 0 aromatic carbocycles. The quantitative estimate of drug-likeness (QED) is 0.118. The third-order valence-corrected chi connectivity index (χ3v) is 9.89. The minimum Gasteiger partial charge on any atom is -0.394 e. The highest BCUT2D eigenvalue weighted by Crippen LogP contribution is 2.36. The van der Waals surface area contributed by atoms with Crippen molar-refractivity contribution in [3.05, 3.63) is 0 Å². The van der Waals surface area contributed by atoms with Gasteiger partial charge in [0.15, 0.2) is 18.9 Å². The summed E-state index contributed by atoms with van der Waals surface area (Å²) in [6.45, 7) is -0.436. The van der Waals surface area contributed by atoms with Crippen molar-refractivity contribution in [2.75, 3.05) is 13.7 Å². The molecule has 5 fully saturated rings. The summed E-state index contributed by atoms with van der Waals surface area (Å²) in [6, 6.07) is -3.57. The molecule has 2 aliphatic carbocycles. The highest BCUT2D eigenvalue weighted by atomic mass is 16.8. The van der Waals surface area contributed by atoms with Crippen LogP contribution in [0.25, 0.3) is 0 Å². The Kier molecular flexibility index (Phi) is 11.5. The predicted molar refractivity (Wildman–Crippen MR) is 152 cm³/mol. The average Bonchev–Trinajstić information content (AvgIpc) is 2.99. The molecule has 3 aliphatic heterocycles. The lowest BCUT2D eigenvalue weighted by Gasteiger charge is -2.51. The first kappa shape index (κ1) is 34.6. The fourth-order valence-corrected chi connectivity index (χ4v) is 7.19. The van der Waals surface area contributed by atoms with Gasteiger partial charge >= 0.3 is 0 Å². The van der Waals surface area contributed by atoms with Crippen molar-refractivity contribution < 1.29 is 54.3 Å². The molecule has 0 aromatic heterocycles. The van der Waals surface area contributed by atoms with Gasteiger partial charge in [0.2, 0.25) is 0 Å². The van der Waals surface area contributed by atoms with Crippen molar-refractivity contribution in [2.24, 2.45) is 22.9 Å². The van der Waals surface area contributed by atoms with Crippen LogP contribution in [0, 0.1) is 0 Å². The number of nitrogens with two attached hydrogens (primary N) is 4. The Balaban J connectivity index is 1.22. The SMILES string of the molecule is CNC1C(O[C@H]2OC(CO)[C@@H](N[C@H]3CC[C@H](N)CC3)C(O)C2O)O[C@H]2CC(N)[C@@H](O[C@@H]3C(N)C[C@@H](N)C(O)C3O)OC2C1O. The standard InChI is InChI=1S/C27H52N6O11/c1-32-17-20(37)24-14(7-13(31)25(43-24)42-23-12(30)6-11(29)18(35)21(23)38)40-26(17)44-27-22(39)19(36)16(15(8-34)41-27)33-10-4-2-9(28)3-5-10/h9-27,32-39H,2-8,28-31H2,1H3/t9-,10-,11-,12?,13?,14+,15?,16-,17?,18?,19?,20?,21?,22?,23-,24?,25+,26?,27-/m1/s1. The van der Waals surface area contributed by atoms with Crippen LogP contribution in [0.4, 0.5) is 0 Å². The van der Waals surface area contributed by atoms with Gasteiger partial charge in [-0.2, -0.15) is 0 Å². The van der Waals surface area contributed by atoms with Crippen molar-refractivity contribution >= 4 is 0 Å². The van der Waals surface area contributed by atoms with Gasteiger partial charge in [-0.3, -0.25) is 0 Å². The second-order valence-electron chi connectivity index (χ2n) is 13.0. The van der Waals surface area contributed by atoms with Crippen molar-refractivity contribution in [3.63, 3.8) is 0 Å². The second-order valence-corrected chi connectivity index (χ2v) is 13.0. The molecule has 0 radical (unpaired) electrons. The summed E-state index contributed by atoms with van der Waals surface area (Å²) in [4.78, 5) is 0. The molecule has 3 heterocycles. The van der Waals surface area contributed by atoms with E-state index in [-0.39, 0.29) is 24.9 Å². The van der Waals surface area contributed by atoms with E-state index in [0.29, 0.717) is 0 Å².